The number of rotatable bonds is 8. The number of nitrogens with zero attached hydrogens (tertiary/aromatic N) is 1. The first kappa shape index (κ1) is 16.4. The molecule has 1 nitrogen and oxygen atoms in total. The molecule has 0 aliphatic heterocycles. The average Bonchev–Trinajstić information content (AvgIpc) is 2.67. The van der Waals surface area contributed by atoms with Crippen LogP contribution in [0.15, 0.2) is 85.1 Å². The van der Waals surface area contributed by atoms with E-state index in [0.29, 0.717) is 0 Å². The van der Waals surface area contributed by atoms with E-state index in [4.69, 9.17) is 0 Å². The Kier molecular flexibility index (Phi) is 6.18. The largest absolute Gasteiger partial charge is 0.261 e. The van der Waals surface area contributed by atoms with Crippen LogP contribution in [0.2, 0.25) is 0 Å². The molecule has 0 aliphatic carbocycles. The molecule has 2 aromatic carbocycles. The van der Waals surface area contributed by atoms with Crippen LogP contribution in [-0.4, -0.2) is 4.98 Å². The molecule has 3 rings (SSSR count). The second-order valence-corrected chi connectivity index (χ2v) is 6.13. The van der Waals surface area contributed by atoms with Crippen LogP contribution in [-0.2, 0) is 12.8 Å². The van der Waals surface area contributed by atoms with Gasteiger partial charge >= 0.3 is 0 Å². The van der Waals surface area contributed by atoms with Gasteiger partial charge in [-0.1, -0.05) is 66.7 Å². The van der Waals surface area contributed by atoms with Crippen molar-refractivity contribution < 1.29 is 0 Å². The normalized spacial score (nSPS) is 10.9. The highest BCUT2D eigenvalue weighted by Gasteiger charge is 2.12. The summed E-state index contributed by atoms with van der Waals surface area (Å²) < 4.78 is 0. The second kappa shape index (κ2) is 9.02. The van der Waals surface area contributed by atoms with Gasteiger partial charge in [0.1, 0.15) is 0 Å². The predicted octanol–water partition coefficient (Wildman–Crippen LogP) is 5.66. The SMILES string of the molecule is c1ccc(CCC[C](CCc2ccccn2)c2ccccc2)cc1. The van der Waals surface area contributed by atoms with Crippen molar-refractivity contribution in [2.24, 2.45) is 0 Å². The number of benzene rings is 2. The summed E-state index contributed by atoms with van der Waals surface area (Å²) in [5.74, 6) is 1.54. The van der Waals surface area contributed by atoms with Gasteiger partial charge < -0.3 is 0 Å². The van der Waals surface area contributed by atoms with Gasteiger partial charge in [0, 0.05) is 17.8 Å². The quantitative estimate of drug-likeness (QED) is 0.523. The maximum atomic E-state index is 4.46. The Hall–Kier alpha value is -2.41. The molecule has 1 radical (unpaired) electrons. The fourth-order valence-electron chi connectivity index (χ4n) is 3.06. The Morgan fingerprint density at radius 2 is 1.38 bits per heavy atom. The molecule has 1 heteroatoms. The van der Waals surface area contributed by atoms with Crippen LogP contribution in [0.25, 0.3) is 0 Å². The predicted molar refractivity (Wildman–Crippen MR) is 101 cm³/mol. The summed E-state index contributed by atoms with van der Waals surface area (Å²) >= 11 is 0. The van der Waals surface area contributed by atoms with Crippen LogP contribution in [0.5, 0.6) is 0 Å². The van der Waals surface area contributed by atoms with Crippen molar-refractivity contribution in [3.05, 3.63) is 108 Å². The minimum atomic E-state index is 1.01. The molecule has 0 spiro atoms. The summed E-state index contributed by atoms with van der Waals surface area (Å²) in [6, 6.07) is 27.7. The molecule has 121 valence electrons. The Morgan fingerprint density at radius 3 is 2.08 bits per heavy atom. The molecule has 0 N–H and O–H groups in total. The summed E-state index contributed by atoms with van der Waals surface area (Å²) in [6.07, 6.45) is 7.45. The monoisotopic (exact) mass is 314 g/mol. The minimum absolute atomic E-state index is 1.01. The molecular weight excluding hydrogens is 290 g/mol. The third kappa shape index (κ3) is 5.06. The molecule has 0 amide bonds. The van der Waals surface area contributed by atoms with Gasteiger partial charge in [0.2, 0.25) is 0 Å². The third-order valence-corrected chi connectivity index (χ3v) is 4.38. The number of aryl methyl sites for hydroxylation is 2. The van der Waals surface area contributed by atoms with Gasteiger partial charge in [-0.15, -0.1) is 0 Å². The minimum Gasteiger partial charge on any atom is -0.261 e. The fraction of sp³-hybridized carbons (Fsp3) is 0.217. The molecule has 0 fully saturated rings. The van der Waals surface area contributed by atoms with Crippen molar-refractivity contribution in [3.63, 3.8) is 0 Å². The Bertz CT molecular complexity index is 692. The summed E-state index contributed by atoms with van der Waals surface area (Å²) in [5.41, 5.74) is 3.98. The highest BCUT2D eigenvalue weighted by atomic mass is 14.7. The number of hydrogen-bond acceptors (Lipinski definition) is 1. The average molecular weight is 314 g/mol. The van der Waals surface area contributed by atoms with Gasteiger partial charge in [-0.3, -0.25) is 4.98 Å². The summed E-state index contributed by atoms with van der Waals surface area (Å²) in [7, 11) is 0. The molecule has 0 unspecified atom stereocenters. The van der Waals surface area contributed by atoms with E-state index in [0.717, 1.165) is 25.7 Å². The highest BCUT2D eigenvalue weighted by molar-refractivity contribution is 5.31. The van der Waals surface area contributed by atoms with Crippen molar-refractivity contribution in [1.82, 2.24) is 4.98 Å². The van der Waals surface area contributed by atoms with Gasteiger partial charge in [-0.05, 0) is 55.4 Å². The zero-order valence-electron chi connectivity index (χ0n) is 14.1. The van der Waals surface area contributed by atoms with E-state index in [-0.39, 0.29) is 0 Å². The van der Waals surface area contributed by atoms with E-state index in [2.05, 4.69) is 77.8 Å². The van der Waals surface area contributed by atoms with E-state index in [1.54, 1.807) is 0 Å². The van der Waals surface area contributed by atoms with Crippen LogP contribution in [0.1, 0.15) is 36.1 Å². The van der Waals surface area contributed by atoms with Crippen LogP contribution in [0, 0.1) is 5.92 Å². The zero-order valence-corrected chi connectivity index (χ0v) is 14.1. The van der Waals surface area contributed by atoms with Crippen LogP contribution in [0.4, 0.5) is 0 Å². The van der Waals surface area contributed by atoms with Gasteiger partial charge in [-0.2, -0.15) is 0 Å². The maximum Gasteiger partial charge on any atom is 0.0403 e. The van der Waals surface area contributed by atoms with E-state index >= 15 is 0 Å². The first-order valence-corrected chi connectivity index (χ1v) is 8.76. The van der Waals surface area contributed by atoms with Crippen molar-refractivity contribution in [3.8, 4) is 0 Å². The number of aromatic nitrogens is 1. The smallest absolute Gasteiger partial charge is 0.0403 e. The molecule has 0 saturated carbocycles. The highest BCUT2D eigenvalue weighted by Crippen LogP contribution is 2.26. The van der Waals surface area contributed by atoms with Gasteiger partial charge in [0.15, 0.2) is 0 Å². The first-order chi connectivity index (χ1) is 11.9. The van der Waals surface area contributed by atoms with E-state index in [1.165, 1.54) is 29.2 Å². The van der Waals surface area contributed by atoms with Gasteiger partial charge in [0.25, 0.3) is 0 Å². The topological polar surface area (TPSA) is 12.9 Å². The molecule has 24 heavy (non-hydrogen) atoms. The van der Waals surface area contributed by atoms with Crippen LogP contribution < -0.4 is 0 Å². The standard InChI is InChI=1S/C23H24N/c1-3-10-20(11-4-1)12-9-15-22(21-13-5-2-6-14-21)17-18-23-16-7-8-19-24-23/h1-8,10-11,13-14,16,19H,9,12,15,17-18H2. The molecular formula is C23H24N. The van der Waals surface area contributed by atoms with Crippen molar-refractivity contribution in [2.75, 3.05) is 0 Å². The maximum absolute atomic E-state index is 4.46. The van der Waals surface area contributed by atoms with Crippen molar-refractivity contribution in [2.45, 2.75) is 32.1 Å². The molecule has 1 heterocycles. The van der Waals surface area contributed by atoms with Crippen molar-refractivity contribution in [1.29, 1.82) is 0 Å². The number of hydrogen-bond donors (Lipinski definition) is 0. The first-order valence-electron chi connectivity index (χ1n) is 8.76. The van der Waals surface area contributed by atoms with E-state index in [1.807, 2.05) is 12.3 Å². The van der Waals surface area contributed by atoms with Crippen LogP contribution >= 0.6 is 0 Å². The third-order valence-electron chi connectivity index (χ3n) is 4.38. The Morgan fingerprint density at radius 1 is 0.667 bits per heavy atom. The lowest BCUT2D eigenvalue weighted by atomic mass is 9.88. The summed E-state index contributed by atoms with van der Waals surface area (Å²) in [4.78, 5) is 4.46. The van der Waals surface area contributed by atoms with E-state index < -0.39 is 0 Å². The lowest BCUT2D eigenvalue weighted by Gasteiger charge is -2.16. The summed E-state index contributed by atoms with van der Waals surface area (Å²) in [5, 5.41) is 0. The number of pyridine rings is 1. The lowest BCUT2D eigenvalue weighted by molar-refractivity contribution is 0.693. The summed E-state index contributed by atoms with van der Waals surface area (Å²) in [6.45, 7) is 0. The molecule has 0 bridgehead atoms. The second-order valence-electron chi connectivity index (χ2n) is 6.13. The van der Waals surface area contributed by atoms with Crippen molar-refractivity contribution >= 4 is 0 Å². The molecule has 3 aromatic rings. The molecule has 0 aliphatic rings. The Balaban J connectivity index is 1.59. The zero-order chi connectivity index (χ0) is 16.5. The van der Waals surface area contributed by atoms with E-state index in [9.17, 15) is 0 Å². The van der Waals surface area contributed by atoms with Gasteiger partial charge in [-0.25, -0.2) is 0 Å². The molecule has 0 saturated heterocycles. The Labute approximate surface area is 145 Å². The molecule has 0 atom stereocenters. The van der Waals surface area contributed by atoms with Gasteiger partial charge in [0.05, 0.1) is 0 Å². The molecule has 1 aromatic heterocycles. The lowest BCUT2D eigenvalue weighted by Crippen LogP contribution is -2.04. The van der Waals surface area contributed by atoms with Crippen LogP contribution in [0.3, 0.4) is 0 Å². The fourth-order valence-corrected chi connectivity index (χ4v) is 3.06.